The summed E-state index contributed by atoms with van der Waals surface area (Å²) in [4.78, 5) is 14.5. The largest absolute Gasteiger partial charge is 0.335 e. The normalized spacial score (nSPS) is 18.2. The number of carbonyl (C=O) groups is 1. The Bertz CT molecular complexity index is 958. The highest BCUT2D eigenvalue weighted by Gasteiger charge is 2.35. The Morgan fingerprint density at radius 1 is 1.11 bits per heavy atom. The Kier molecular flexibility index (Phi) is 6.13. The molecule has 2 aromatic carbocycles. The van der Waals surface area contributed by atoms with Crippen molar-refractivity contribution in [3.8, 4) is 11.1 Å². The van der Waals surface area contributed by atoms with Gasteiger partial charge >= 0.3 is 0 Å². The quantitative estimate of drug-likeness (QED) is 0.726. The average molecular weight is 407 g/mol. The summed E-state index contributed by atoms with van der Waals surface area (Å²) < 4.78 is 51.5. The molecular formula is C21H23F2NO3S. The summed E-state index contributed by atoms with van der Waals surface area (Å²) in [5.74, 6) is -1.56. The second-order valence-corrected chi connectivity index (χ2v) is 9.34. The van der Waals surface area contributed by atoms with E-state index in [0.29, 0.717) is 24.1 Å². The van der Waals surface area contributed by atoms with Crippen LogP contribution >= 0.6 is 0 Å². The summed E-state index contributed by atoms with van der Waals surface area (Å²) in [7, 11) is -3.16. The van der Waals surface area contributed by atoms with Gasteiger partial charge < -0.3 is 4.90 Å². The molecule has 0 radical (unpaired) electrons. The minimum atomic E-state index is -3.16. The van der Waals surface area contributed by atoms with Crippen molar-refractivity contribution in [1.29, 1.82) is 0 Å². The molecule has 7 heteroatoms. The van der Waals surface area contributed by atoms with Crippen molar-refractivity contribution in [2.45, 2.75) is 32.2 Å². The maximum Gasteiger partial charge on any atom is 0.257 e. The molecular weight excluding hydrogens is 384 g/mol. The minimum Gasteiger partial charge on any atom is -0.335 e. The van der Waals surface area contributed by atoms with Gasteiger partial charge in [-0.05, 0) is 48.2 Å². The second-order valence-electron chi connectivity index (χ2n) is 7.11. The maximum atomic E-state index is 14.7. The van der Waals surface area contributed by atoms with Crippen LogP contribution in [-0.4, -0.2) is 43.3 Å². The number of carbonyl (C=O) groups excluding carboxylic acids is 1. The molecule has 1 heterocycles. The predicted octanol–water partition coefficient (Wildman–Crippen LogP) is 4.06. The summed E-state index contributed by atoms with van der Waals surface area (Å²) in [5, 5.41) is 0. The van der Waals surface area contributed by atoms with Gasteiger partial charge in [0.2, 0.25) is 0 Å². The number of hydrogen-bond acceptors (Lipinski definition) is 3. The first-order chi connectivity index (χ1) is 13.3. The number of nitrogens with zero attached hydrogens (tertiary/aromatic N) is 1. The first kappa shape index (κ1) is 20.5. The highest BCUT2D eigenvalue weighted by atomic mass is 32.2. The van der Waals surface area contributed by atoms with E-state index >= 15 is 0 Å². The molecule has 1 fully saturated rings. The van der Waals surface area contributed by atoms with Crippen molar-refractivity contribution in [1.82, 2.24) is 4.90 Å². The smallest absolute Gasteiger partial charge is 0.257 e. The molecule has 1 aliphatic rings. The zero-order valence-corrected chi connectivity index (χ0v) is 16.5. The van der Waals surface area contributed by atoms with E-state index in [0.717, 1.165) is 12.8 Å². The van der Waals surface area contributed by atoms with E-state index in [-0.39, 0.29) is 22.9 Å². The van der Waals surface area contributed by atoms with E-state index in [1.807, 2.05) is 6.92 Å². The van der Waals surface area contributed by atoms with E-state index < -0.39 is 27.6 Å². The van der Waals surface area contributed by atoms with Crippen LogP contribution in [0.3, 0.4) is 0 Å². The third-order valence-electron chi connectivity index (χ3n) is 5.04. The minimum absolute atomic E-state index is 0.0551. The van der Waals surface area contributed by atoms with Gasteiger partial charge in [0.1, 0.15) is 11.6 Å². The van der Waals surface area contributed by atoms with Gasteiger partial charge in [0.15, 0.2) is 9.84 Å². The van der Waals surface area contributed by atoms with Gasteiger partial charge in [0.05, 0.1) is 17.1 Å². The van der Waals surface area contributed by atoms with Gasteiger partial charge in [-0.25, -0.2) is 17.2 Å². The molecule has 3 rings (SSSR count). The van der Waals surface area contributed by atoms with E-state index in [2.05, 4.69) is 0 Å². The molecule has 1 aliphatic heterocycles. The Hall–Kier alpha value is -2.28. The number of hydrogen-bond donors (Lipinski definition) is 0. The van der Waals surface area contributed by atoms with E-state index in [4.69, 9.17) is 0 Å². The molecule has 0 saturated carbocycles. The highest BCUT2D eigenvalue weighted by molar-refractivity contribution is 7.91. The fourth-order valence-electron chi connectivity index (χ4n) is 3.46. The average Bonchev–Trinajstić information content (AvgIpc) is 3.02. The Balaban J connectivity index is 1.87. The first-order valence-electron chi connectivity index (χ1n) is 9.37. The number of rotatable bonds is 6. The molecule has 4 nitrogen and oxygen atoms in total. The third-order valence-corrected chi connectivity index (χ3v) is 6.79. The number of sulfone groups is 1. The van der Waals surface area contributed by atoms with Crippen LogP contribution in [0.5, 0.6) is 0 Å². The van der Waals surface area contributed by atoms with E-state index in [9.17, 15) is 22.0 Å². The molecule has 1 unspecified atom stereocenters. The van der Waals surface area contributed by atoms with Gasteiger partial charge in [-0.1, -0.05) is 31.5 Å². The fraction of sp³-hybridized carbons (Fsp3) is 0.381. The topological polar surface area (TPSA) is 54.5 Å². The molecule has 28 heavy (non-hydrogen) atoms. The molecule has 1 amide bonds. The Morgan fingerprint density at radius 2 is 1.79 bits per heavy atom. The summed E-state index contributed by atoms with van der Waals surface area (Å²) in [6.07, 6.45) is 1.94. The summed E-state index contributed by atoms with van der Waals surface area (Å²) in [5.41, 5.74) is 1.10. The monoisotopic (exact) mass is 407 g/mol. The van der Waals surface area contributed by atoms with Crippen LogP contribution in [0.15, 0.2) is 42.5 Å². The molecule has 0 bridgehead atoms. The van der Waals surface area contributed by atoms with Crippen LogP contribution in [0.1, 0.15) is 36.5 Å². The van der Waals surface area contributed by atoms with Gasteiger partial charge in [-0.3, -0.25) is 4.79 Å². The van der Waals surface area contributed by atoms with Crippen molar-refractivity contribution in [3.05, 3.63) is 59.7 Å². The number of amides is 1. The van der Waals surface area contributed by atoms with Crippen LogP contribution in [0, 0.1) is 11.6 Å². The molecule has 0 spiro atoms. The lowest BCUT2D eigenvalue weighted by Gasteiger charge is -2.28. The van der Waals surface area contributed by atoms with Gasteiger partial charge in [-0.2, -0.15) is 0 Å². The SMILES string of the molecule is CCCCN(C(=O)c1ccc(-c2ccc(F)cc2)cc1F)C1CCS(=O)(=O)C1. The Morgan fingerprint density at radius 3 is 2.36 bits per heavy atom. The lowest BCUT2D eigenvalue weighted by atomic mass is 10.0. The van der Waals surface area contributed by atoms with Crippen LogP contribution in [-0.2, 0) is 9.84 Å². The lowest BCUT2D eigenvalue weighted by Crippen LogP contribution is -2.42. The number of unbranched alkanes of at least 4 members (excludes halogenated alkanes) is 1. The fourth-order valence-corrected chi connectivity index (χ4v) is 5.20. The van der Waals surface area contributed by atoms with Crippen LogP contribution in [0.2, 0.25) is 0 Å². The van der Waals surface area contributed by atoms with Gasteiger partial charge in [0.25, 0.3) is 5.91 Å². The first-order valence-corrected chi connectivity index (χ1v) is 11.2. The van der Waals surface area contributed by atoms with Crippen molar-refractivity contribution in [2.24, 2.45) is 0 Å². The molecule has 0 aromatic heterocycles. The molecule has 2 aromatic rings. The second kappa shape index (κ2) is 8.39. The third kappa shape index (κ3) is 4.58. The zero-order chi connectivity index (χ0) is 20.3. The van der Waals surface area contributed by atoms with Crippen molar-refractivity contribution < 1.29 is 22.0 Å². The van der Waals surface area contributed by atoms with E-state index in [1.54, 1.807) is 18.2 Å². The van der Waals surface area contributed by atoms with Gasteiger partial charge in [-0.15, -0.1) is 0 Å². The van der Waals surface area contributed by atoms with Crippen LogP contribution in [0.25, 0.3) is 11.1 Å². The van der Waals surface area contributed by atoms with Crippen LogP contribution in [0.4, 0.5) is 8.78 Å². The van der Waals surface area contributed by atoms with Gasteiger partial charge in [0, 0.05) is 12.6 Å². The van der Waals surface area contributed by atoms with Crippen molar-refractivity contribution in [2.75, 3.05) is 18.1 Å². The van der Waals surface area contributed by atoms with E-state index in [1.165, 1.54) is 29.2 Å². The zero-order valence-electron chi connectivity index (χ0n) is 15.7. The molecule has 1 atom stereocenters. The summed E-state index contributed by atoms with van der Waals surface area (Å²) in [6.45, 7) is 2.38. The molecule has 150 valence electrons. The maximum absolute atomic E-state index is 14.7. The highest BCUT2D eigenvalue weighted by Crippen LogP contribution is 2.25. The Labute approximate surface area is 164 Å². The number of benzene rings is 2. The van der Waals surface area contributed by atoms with Crippen molar-refractivity contribution in [3.63, 3.8) is 0 Å². The summed E-state index contributed by atoms with van der Waals surface area (Å²) >= 11 is 0. The van der Waals surface area contributed by atoms with Crippen molar-refractivity contribution >= 4 is 15.7 Å². The number of halogens is 2. The standard InChI is InChI=1S/C21H23F2NO3S/c1-2-3-11-24(18-10-12-28(26,27)14-18)21(25)19-9-6-16(13-20(19)23)15-4-7-17(22)8-5-15/h4-9,13,18H,2-3,10-12,14H2,1H3. The van der Waals surface area contributed by atoms with Crippen LogP contribution < -0.4 is 0 Å². The molecule has 1 saturated heterocycles. The molecule has 0 aliphatic carbocycles. The lowest BCUT2D eigenvalue weighted by molar-refractivity contribution is 0.0689. The molecule has 0 N–H and O–H groups in total. The predicted molar refractivity (Wildman–Crippen MR) is 105 cm³/mol. The summed E-state index contributed by atoms with van der Waals surface area (Å²) in [6, 6.07) is 9.54.